The van der Waals surface area contributed by atoms with E-state index in [1.165, 1.54) is 0 Å². The number of nitrogens with zero attached hydrogens (tertiary/aromatic N) is 3. The molecular weight excluding hydrogens is 421 g/mol. The SMILES string of the molecule is CCN1CCN(c2ccc(NC(=O)Cn3cc(C(F)(F)F)cc(Cl)c3=O)cc2)CC1. The van der Waals surface area contributed by atoms with Crippen molar-refractivity contribution in [1.82, 2.24) is 9.47 Å². The van der Waals surface area contributed by atoms with Crippen LogP contribution in [0.5, 0.6) is 0 Å². The maximum Gasteiger partial charge on any atom is 0.417 e. The van der Waals surface area contributed by atoms with Gasteiger partial charge in [-0.15, -0.1) is 0 Å². The quantitative estimate of drug-likeness (QED) is 0.772. The molecule has 0 atom stereocenters. The smallest absolute Gasteiger partial charge is 0.369 e. The number of carbonyl (C=O) groups excluding carboxylic acids is 1. The van der Waals surface area contributed by atoms with Gasteiger partial charge in [0.05, 0.1) is 5.56 Å². The predicted octanol–water partition coefficient (Wildman–Crippen LogP) is 3.30. The maximum absolute atomic E-state index is 12.9. The number of pyridine rings is 1. The molecule has 10 heteroatoms. The van der Waals surface area contributed by atoms with Crippen LogP contribution in [0.2, 0.25) is 5.02 Å². The van der Waals surface area contributed by atoms with E-state index in [0.717, 1.165) is 38.4 Å². The molecule has 0 aliphatic carbocycles. The molecule has 1 amide bonds. The van der Waals surface area contributed by atoms with Crippen molar-refractivity contribution in [2.75, 3.05) is 42.9 Å². The van der Waals surface area contributed by atoms with Gasteiger partial charge in [0, 0.05) is 43.8 Å². The minimum Gasteiger partial charge on any atom is -0.369 e. The summed E-state index contributed by atoms with van der Waals surface area (Å²) in [6.45, 7) is 6.39. The molecule has 1 saturated heterocycles. The number of amides is 1. The van der Waals surface area contributed by atoms with Crippen LogP contribution < -0.4 is 15.8 Å². The van der Waals surface area contributed by atoms with E-state index in [2.05, 4.69) is 22.0 Å². The number of hydrogen-bond donors (Lipinski definition) is 1. The second-order valence-electron chi connectivity index (χ2n) is 7.02. The highest BCUT2D eigenvalue weighted by atomic mass is 35.5. The van der Waals surface area contributed by atoms with Gasteiger partial charge in [-0.05, 0) is 36.9 Å². The van der Waals surface area contributed by atoms with Crippen LogP contribution in [0.3, 0.4) is 0 Å². The van der Waals surface area contributed by atoms with Crippen LogP contribution in [-0.2, 0) is 17.5 Å². The predicted molar refractivity (Wildman–Crippen MR) is 110 cm³/mol. The Labute approximate surface area is 176 Å². The van der Waals surface area contributed by atoms with Crippen molar-refractivity contribution in [3.8, 4) is 0 Å². The third kappa shape index (κ3) is 5.34. The first-order valence-corrected chi connectivity index (χ1v) is 9.89. The van der Waals surface area contributed by atoms with E-state index in [1.54, 1.807) is 12.1 Å². The first-order chi connectivity index (χ1) is 14.2. The zero-order valence-electron chi connectivity index (χ0n) is 16.4. The van der Waals surface area contributed by atoms with Gasteiger partial charge in [-0.2, -0.15) is 13.2 Å². The van der Waals surface area contributed by atoms with Crippen LogP contribution in [0, 0.1) is 0 Å². The summed E-state index contributed by atoms with van der Waals surface area (Å²) in [7, 11) is 0. The van der Waals surface area contributed by atoms with Gasteiger partial charge in [0.2, 0.25) is 5.91 Å². The highest BCUT2D eigenvalue weighted by Gasteiger charge is 2.32. The standard InChI is InChI=1S/C20H22ClF3N4O2/c1-2-26-7-9-27(10-8-26)16-5-3-15(4-6-16)25-18(29)13-28-12-14(20(22,23)24)11-17(21)19(28)30/h3-6,11-12H,2,7-10,13H2,1H3,(H,25,29). The molecule has 0 bridgehead atoms. The van der Waals surface area contributed by atoms with Crippen LogP contribution in [-0.4, -0.2) is 48.1 Å². The number of benzene rings is 1. The Morgan fingerprint density at radius 3 is 2.33 bits per heavy atom. The summed E-state index contributed by atoms with van der Waals surface area (Å²) in [5.41, 5.74) is -0.430. The molecule has 162 valence electrons. The zero-order chi connectivity index (χ0) is 21.9. The molecule has 2 heterocycles. The number of anilines is 2. The molecule has 0 radical (unpaired) electrons. The van der Waals surface area contributed by atoms with E-state index in [9.17, 15) is 22.8 Å². The Morgan fingerprint density at radius 2 is 1.77 bits per heavy atom. The third-order valence-corrected chi connectivity index (χ3v) is 5.29. The molecule has 30 heavy (non-hydrogen) atoms. The highest BCUT2D eigenvalue weighted by molar-refractivity contribution is 6.30. The Bertz CT molecular complexity index is 952. The van der Waals surface area contributed by atoms with Crippen LogP contribution >= 0.6 is 11.6 Å². The average molecular weight is 443 g/mol. The van der Waals surface area contributed by atoms with Gasteiger partial charge >= 0.3 is 6.18 Å². The summed E-state index contributed by atoms with van der Waals surface area (Å²) in [5, 5.41) is 2.00. The van der Waals surface area contributed by atoms with Crippen LogP contribution in [0.25, 0.3) is 0 Å². The van der Waals surface area contributed by atoms with Crippen molar-refractivity contribution in [2.45, 2.75) is 19.6 Å². The summed E-state index contributed by atoms with van der Waals surface area (Å²) in [5.74, 6) is -0.628. The highest BCUT2D eigenvalue weighted by Crippen LogP contribution is 2.29. The monoisotopic (exact) mass is 442 g/mol. The van der Waals surface area contributed by atoms with E-state index >= 15 is 0 Å². The van der Waals surface area contributed by atoms with Crippen molar-refractivity contribution >= 4 is 28.9 Å². The second-order valence-corrected chi connectivity index (χ2v) is 7.43. The van der Waals surface area contributed by atoms with E-state index < -0.39 is 34.8 Å². The lowest BCUT2D eigenvalue weighted by atomic mass is 10.2. The number of rotatable bonds is 5. The number of hydrogen-bond acceptors (Lipinski definition) is 4. The van der Waals surface area contributed by atoms with Gasteiger partial charge in [0.25, 0.3) is 5.56 Å². The lowest BCUT2D eigenvalue weighted by Gasteiger charge is -2.35. The molecule has 0 saturated carbocycles. The normalized spacial score (nSPS) is 15.3. The lowest BCUT2D eigenvalue weighted by molar-refractivity contribution is -0.138. The number of alkyl halides is 3. The Balaban J connectivity index is 1.64. The molecule has 0 unspecified atom stereocenters. The van der Waals surface area contributed by atoms with Gasteiger partial charge in [-0.3, -0.25) is 9.59 Å². The number of piperazine rings is 1. The molecule has 1 N–H and O–H groups in total. The topological polar surface area (TPSA) is 57.6 Å². The van der Waals surface area contributed by atoms with E-state index in [1.807, 2.05) is 12.1 Å². The minimum atomic E-state index is -4.67. The van der Waals surface area contributed by atoms with Crippen molar-refractivity contribution in [3.05, 3.63) is 57.5 Å². The first kappa shape index (κ1) is 22.2. The van der Waals surface area contributed by atoms with Gasteiger partial charge in [-0.1, -0.05) is 18.5 Å². The van der Waals surface area contributed by atoms with Crippen molar-refractivity contribution < 1.29 is 18.0 Å². The summed E-state index contributed by atoms with van der Waals surface area (Å²) in [4.78, 5) is 28.8. The van der Waals surface area contributed by atoms with Crippen LogP contribution in [0.1, 0.15) is 12.5 Å². The number of aromatic nitrogens is 1. The number of likely N-dealkylation sites (N-methyl/N-ethyl adjacent to an activating group) is 1. The van der Waals surface area contributed by atoms with E-state index in [-0.39, 0.29) is 0 Å². The summed E-state index contributed by atoms with van der Waals surface area (Å²) < 4.78 is 39.4. The Morgan fingerprint density at radius 1 is 1.13 bits per heavy atom. The molecule has 1 fully saturated rings. The molecule has 6 nitrogen and oxygen atoms in total. The molecule has 0 spiro atoms. The first-order valence-electron chi connectivity index (χ1n) is 9.52. The zero-order valence-corrected chi connectivity index (χ0v) is 17.1. The van der Waals surface area contributed by atoms with E-state index in [4.69, 9.17) is 11.6 Å². The van der Waals surface area contributed by atoms with Gasteiger partial charge in [-0.25, -0.2) is 0 Å². The Hall–Kier alpha value is -2.52. The van der Waals surface area contributed by atoms with Crippen LogP contribution in [0.4, 0.5) is 24.5 Å². The fourth-order valence-corrected chi connectivity index (χ4v) is 3.53. The fourth-order valence-electron chi connectivity index (χ4n) is 3.30. The van der Waals surface area contributed by atoms with E-state index in [0.29, 0.717) is 22.5 Å². The molecule has 3 rings (SSSR count). The third-order valence-electron chi connectivity index (χ3n) is 5.02. The summed E-state index contributed by atoms with van der Waals surface area (Å²) in [6.07, 6.45) is -4.08. The van der Waals surface area contributed by atoms with Gasteiger partial charge < -0.3 is 19.7 Å². The lowest BCUT2D eigenvalue weighted by Crippen LogP contribution is -2.46. The maximum atomic E-state index is 12.9. The van der Waals surface area contributed by atoms with Crippen molar-refractivity contribution in [3.63, 3.8) is 0 Å². The molecule has 1 aromatic heterocycles. The number of carbonyl (C=O) groups is 1. The average Bonchev–Trinajstić information content (AvgIpc) is 2.71. The molecule has 1 aliphatic rings. The largest absolute Gasteiger partial charge is 0.417 e. The molecule has 2 aromatic rings. The van der Waals surface area contributed by atoms with Gasteiger partial charge in [0.1, 0.15) is 11.6 Å². The number of nitrogens with one attached hydrogen (secondary N) is 1. The molecule has 1 aromatic carbocycles. The fraction of sp³-hybridized carbons (Fsp3) is 0.400. The summed E-state index contributed by atoms with van der Waals surface area (Å²) >= 11 is 5.61. The minimum absolute atomic E-state index is 0.488. The molecular formula is C20H22ClF3N4O2. The molecule has 1 aliphatic heterocycles. The van der Waals surface area contributed by atoms with Gasteiger partial charge in [0.15, 0.2) is 0 Å². The summed E-state index contributed by atoms with van der Waals surface area (Å²) in [6, 6.07) is 7.76. The second kappa shape index (κ2) is 9.09. The van der Waals surface area contributed by atoms with Crippen LogP contribution in [0.15, 0.2) is 41.3 Å². The Kier molecular flexibility index (Phi) is 6.72. The van der Waals surface area contributed by atoms with Crippen molar-refractivity contribution in [2.24, 2.45) is 0 Å². The van der Waals surface area contributed by atoms with Crippen molar-refractivity contribution in [1.29, 1.82) is 0 Å². The number of halogens is 4.